The Kier molecular flexibility index (Phi) is 3.75. The lowest BCUT2D eigenvalue weighted by atomic mass is 9.74. The van der Waals surface area contributed by atoms with Crippen LogP contribution in [0.4, 0.5) is 0 Å². The average Bonchev–Trinajstić information content (AvgIpc) is 2.15. The van der Waals surface area contributed by atoms with Gasteiger partial charge in [0.05, 0.1) is 0 Å². The molecule has 14 heavy (non-hydrogen) atoms. The summed E-state index contributed by atoms with van der Waals surface area (Å²) >= 11 is 0. The summed E-state index contributed by atoms with van der Waals surface area (Å²) in [6.07, 6.45) is 4.99. The molecule has 4 N–H and O–H groups in total. The summed E-state index contributed by atoms with van der Waals surface area (Å²) < 4.78 is 0. The first-order valence-electron chi connectivity index (χ1n) is 5.36. The summed E-state index contributed by atoms with van der Waals surface area (Å²) in [4.78, 5) is 0. The molecule has 0 aliphatic heterocycles. The van der Waals surface area contributed by atoms with Crippen molar-refractivity contribution in [2.45, 2.75) is 45.1 Å². The van der Waals surface area contributed by atoms with Gasteiger partial charge in [0.1, 0.15) is 5.84 Å². The van der Waals surface area contributed by atoms with E-state index in [1.54, 1.807) is 0 Å². The third kappa shape index (κ3) is 2.38. The highest BCUT2D eigenvalue weighted by Crippen LogP contribution is 2.34. The van der Waals surface area contributed by atoms with Crippen molar-refractivity contribution in [2.75, 3.05) is 6.54 Å². The lowest BCUT2D eigenvalue weighted by Crippen LogP contribution is -2.52. The van der Waals surface area contributed by atoms with E-state index in [0.29, 0.717) is 11.4 Å². The van der Waals surface area contributed by atoms with Gasteiger partial charge in [-0.3, -0.25) is 0 Å². The van der Waals surface area contributed by atoms with E-state index in [1.807, 2.05) is 6.92 Å². The summed E-state index contributed by atoms with van der Waals surface area (Å²) in [6.45, 7) is 4.97. The molecule has 1 atom stereocenters. The number of hydrogen-bond acceptors (Lipinski definition) is 3. The first-order chi connectivity index (χ1) is 6.63. The lowest BCUT2D eigenvalue weighted by Gasteiger charge is -2.43. The molecule has 0 heterocycles. The van der Waals surface area contributed by atoms with E-state index >= 15 is 0 Å². The van der Waals surface area contributed by atoms with Gasteiger partial charge in [-0.25, -0.2) is 0 Å². The predicted molar refractivity (Wildman–Crippen MR) is 57.4 cm³/mol. The SMILES string of the molecule is CCC1(NCC(C)C(N)=NO)CCC1. The van der Waals surface area contributed by atoms with E-state index in [0.717, 1.165) is 13.0 Å². The number of nitrogens with two attached hydrogens (primary N) is 1. The monoisotopic (exact) mass is 199 g/mol. The molecule has 0 spiro atoms. The highest BCUT2D eigenvalue weighted by atomic mass is 16.4. The Hall–Kier alpha value is -0.770. The van der Waals surface area contributed by atoms with Crippen LogP contribution in [0.3, 0.4) is 0 Å². The van der Waals surface area contributed by atoms with Crippen molar-refractivity contribution in [3.8, 4) is 0 Å². The summed E-state index contributed by atoms with van der Waals surface area (Å²) in [6, 6.07) is 0. The van der Waals surface area contributed by atoms with E-state index in [-0.39, 0.29) is 5.92 Å². The molecule has 1 rings (SSSR count). The maximum absolute atomic E-state index is 8.50. The molecule has 1 aliphatic carbocycles. The van der Waals surface area contributed by atoms with Gasteiger partial charge in [0.2, 0.25) is 0 Å². The third-order valence-electron chi connectivity index (χ3n) is 3.39. The molecule has 1 saturated carbocycles. The molecule has 0 bridgehead atoms. The highest BCUT2D eigenvalue weighted by Gasteiger charge is 2.34. The van der Waals surface area contributed by atoms with Crippen LogP contribution in [-0.4, -0.2) is 23.1 Å². The largest absolute Gasteiger partial charge is 0.409 e. The smallest absolute Gasteiger partial charge is 0.143 e. The molecule has 0 radical (unpaired) electrons. The van der Waals surface area contributed by atoms with Crippen LogP contribution in [0.15, 0.2) is 5.16 Å². The fraction of sp³-hybridized carbons (Fsp3) is 0.900. The Bertz CT molecular complexity index is 206. The molecule has 0 saturated heterocycles. The molecular formula is C10H21N3O. The van der Waals surface area contributed by atoms with Gasteiger partial charge in [-0.15, -0.1) is 0 Å². The number of hydrogen-bond donors (Lipinski definition) is 3. The van der Waals surface area contributed by atoms with Crippen molar-refractivity contribution in [2.24, 2.45) is 16.8 Å². The minimum Gasteiger partial charge on any atom is -0.409 e. The Balaban J connectivity index is 2.32. The van der Waals surface area contributed by atoms with Gasteiger partial charge in [-0.2, -0.15) is 0 Å². The Morgan fingerprint density at radius 1 is 1.64 bits per heavy atom. The second-order valence-electron chi connectivity index (χ2n) is 4.29. The quantitative estimate of drug-likeness (QED) is 0.270. The Morgan fingerprint density at radius 2 is 2.29 bits per heavy atom. The van der Waals surface area contributed by atoms with Gasteiger partial charge in [-0.1, -0.05) is 19.0 Å². The van der Waals surface area contributed by atoms with Crippen molar-refractivity contribution >= 4 is 5.84 Å². The van der Waals surface area contributed by atoms with E-state index in [9.17, 15) is 0 Å². The lowest BCUT2D eigenvalue weighted by molar-refractivity contribution is 0.174. The summed E-state index contributed by atoms with van der Waals surface area (Å²) in [7, 11) is 0. The first kappa shape index (κ1) is 11.3. The number of rotatable bonds is 5. The third-order valence-corrected chi connectivity index (χ3v) is 3.39. The summed E-state index contributed by atoms with van der Waals surface area (Å²) in [5.74, 6) is 0.409. The molecule has 4 nitrogen and oxygen atoms in total. The second kappa shape index (κ2) is 4.64. The van der Waals surface area contributed by atoms with Gasteiger partial charge in [0.15, 0.2) is 0 Å². The van der Waals surface area contributed by atoms with Crippen LogP contribution in [0.25, 0.3) is 0 Å². The molecule has 1 unspecified atom stereocenters. The molecule has 0 aromatic heterocycles. The first-order valence-corrected chi connectivity index (χ1v) is 5.36. The normalized spacial score (nSPS) is 22.9. The standard InChI is InChI=1S/C10H21N3O/c1-3-10(5-4-6-10)12-7-8(2)9(11)13-14/h8,12,14H,3-7H2,1-2H3,(H2,11,13). The minimum atomic E-state index is 0.101. The van der Waals surface area contributed by atoms with Gasteiger partial charge in [0, 0.05) is 18.0 Å². The van der Waals surface area contributed by atoms with Crippen molar-refractivity contribution in [3.63, 3.8) is 0 Å². The van der Waals surface area contributed by atoms with Crippen molar-refractivity contribution in [3.05, 3.63) is 0 Å². The molecule has 0 aromatic rings. The molecule has 4 heteroatoms. The molecule has 82 valence electrons. The number of oxime groups is 1. The maximum atomic E-state index is 8.50. The van der Waals surface area contributed by atoms with E-state index in [4.69, 9.17) is 10.9 Å². The van der Waals surface area contributed by atoms with Crippen LogP contribution >= 0.6 is 0 Å². The molecule has 0 aromatic carbocycles. The van der Waals surface area contributed by atoms with E-state index in [2.05, 4.69) is 17.4 Å². The summed E-state index contributed by atoms with van der Waals surface area (Å²) in [5, 5.41) is 15.0. The fourth-order valence-corrected chi connectivity index (χ4v) is 1.83. The highest BCUT2D eigenvalue weighted by molar-refractivity contribution is 5.82. The number of nitrogens with one attached hydrogen (secondary N) is 1. The van der Waals surface area contributed by atoms with Crippen LogP contribution in [0.5, 0.6) is 0 Å². The second-order valence-corrected chi connectivity index (χ2v) is 4.29. The zero-order valence-corrected chi connectivity index (χ0v) is 9.08. The zero-order valence-electron chi connectivity index (χ0n) is 9.08. The van der Waals surface area contributed by atoms with Gasteiger partial charge in [0.25, 0.3) is 0 Å². The molecular weight excluding hydrogens is 178 g/mol. The summed E-state index contributed by atoms with van der Waals surface area (Å²) in [5.41, 5.74) is 5.84. The van der Waals surface area contributed by atoms with Crippen LogP contribution in [0, 0.1) is 5.92 Å². The van der Waals surface area contributed by atoms with Gasteiger partial charge in [-0.05, 0) is 25.7 Å². The van der Waals surface area contributed by atoms with Crippen LogP contribution < -0.4 is 11.1 Å². The zero-order chi connectivity index (χ0) is 10.6. The Labute approximate surface area is 85.6 Å². The Morgan fingerprint density at radius 3 is 2.64 bits per heavy atom. The number of amidine groups is 1. The average molecular weight is 199 g/mol. The van der Waals surface area contributed by atoms with Crippen molar-refractivity contribution in [1.82, 2.24) is 5.32 Å². The van der Waals surface area contributed by atoms with Gasteiger partial charge < -0.3 is 16.3 Å². The van der Waals surface area contributed by atoms with E-state index in [1.165, 1.54) is 19.3 Å². The number of nitrogens with zero attached hydrogens (tertiary/aromatic N) is 1. The van der Waals surface area contributed by atoms with Crippen molar-refractivity contribution in [1.29, 1.82) is 0 Å². The van der Waals surface area contributed by atoms with Crippen LogP contribution in [0.2, 0.25) is 0 Å². The molecule has 1 aliphatic rings. The van der Waals surface area contributed by atoms with Crippen molar-refractivity contribution < 1.29 is 5.21 Å². The maximum Gasteiger partial charge on any atom is 0.143 e. The van der Waals surface area contributed by atoms with Crippen LogP contribution in [0.1, 0.15) is 39.5 Å². The molecule has 0 amide bonds. The molecule has 1 fully saturated rings. The topological polar surface area (TPSA) is 70.6 Å². The minimum absolute atomic E-state index is 0.101. The van der Waals surface area contributed by atoms with Gasteiger partial charge >= 0.3 is 0 Å². The van der Waals surface area contributed by atoms with E-state index < -0.39 is 0 Å². The van der Waals surface area contributed by atoms with Crippen LogP contribution in [-0.2, 0) is 0 Å². The predicted octanol–water partition coefficient (Wildman–Crippen LogP) is 1.29. The fourth-order valence-electron chi connectivity index (χ4n) is 1.83.